The zero-order valence-corrected chi connectivity index (χ0v) is 19.5. The minimum Gasteiger partial charge on any atom is -0.508 e. The van der Waals surface area contributed by atoms with Crippen LogP contribution >= 0.6 is 15.9 Å². The van der Waals surface area contributed by atoms with Crippen molar-refractivity contribution in [3.63, 3.8) is 0 Å². The Morgan fingerprint density at radius 3 is 2.48 bits per heavy atom. The third-order valence-electron chi connectivity index (χ3n) is 5.50. The van der Waals surface area contributed by atoms with Gasteiger partial charge in [-0.15, -0.1) is 0 Å². The van der Waals surface area contributed by atoms with Gasteiger partial charge in [0, 0.05) is 22.4 Å². The molecule has 0 saturated heterocycles. The Kier molecular flexibility index (Phi) is 7.50. The number of phenols is 1. The Morgan fingerprint density at radius 1 is 1.13 bits per heavy atom. The molecule has 0 saturated carbocycles. The van der Waals surface area contributed by atoms with Crippen molar-refractivity contribution < 1.29 is 19.0 Å². The molecule has 0 aliphatic carbocycles. The number of Topliss-reactive ketones (excluding diaryl/α,β-unsaturated/α-hetero) is 1. The van der Waals surface area contributed by atoms with Crippen molar-refractivity contribution >= 4 is 21.7 Å². The molecule has 5 heteroatoms. The highest BCUT2D eigenvalue weighted by molar-refractivity contribution is 9.10. The standard InChI is InChI=1S/C26H26BrFO3/c1-4-21(29)15-31-22-11-16(2)23(25(27)14-22)12-18-5-10-26(30)24(13-18)17(3)19-6-8-20(28)9-7-19/h5-11,13-14,17,30H,4,12,15H2,1-3H3. The molecule has 0 radical (unpaired) electrons. The Morgan fingerprint density at radius 2 is 1.84 bits per heavy atom. The molecule has 0 aliphatic rings. The van der Waals surface area contributed by atoms with Crippen LogP contribution in [0, 0.1) is 12.7 Å². The third-order valence-corrected chi connectivity index (χ3v) is 6.20. The van der Waals surface area contributed by atoms with Crippen LogP contribution in [0.5, 0.6) is 11.5 Å². The first-order chi connectivity index (χ1) is 14.8. The molecule has 3 rings (SSSR count). The van der Waals surface area contributed by atoms with Gasteiger partial charge in [-0.1, -0.05) is 54.0 Å². The molecule has 0 aliphatic heterocycles. The topological polar surface area (TPSA) is 46.5 Å². The number of halogens is 2. The van der Waals surface area contributed by atoms with E-state index >= 15 is 0 Å². The van der Waals surface area contributed by atoms with Crippen molar-refractivity contribution in [1.29, 1.82) is 0 Å². The minimum absolute atomic E-state index is 0.0600. The number of phenolic OH excluding ortho intramolecular Hbond substituents is 1. The maximum absolute atomic E-state index is 13.3. The van der Waals surface area contributed by atoms with Gasteiger partial charge in [-0.2, -0.15) is 0 Å². The summed E-state index contributed by atoms with van der Waals surface area (Å²) in [5, 5.41) is 10.4. The lowest BCUT2D eigenvalue weighted by Gasteiger charge is -2.17. The predicted molar refractivity (Wildman–Crippen MR) is 125 cm³/mol. The highest BCUT2D eigenvalue weighted by Crippen LogP contribution is 2.34. The van der Waals surface area contributed by atoms with E-state index in [1.54, 1.807) is 18.2 Å². The highest BCUT2D eigenvalue weighted by Gasteiger charge is 2.15. The zero-order valence-electron chi connectivity index (χ0n) is 17.9. The Bertz CT molecular complexity index is 1050. The van der Waals surface area contributed by atoms with E-state index in [1.807, 2.05) is 45.0 Å². The lowest BCUT2D eigenvalue weighted by molar-refractivity contribution is -0.120. The second-order valence-corrected chi connectivity index (χ2v) is 8.58. The summed E-state index contributed by atoms with van der Waals surface area (Å²) in [4.78, 5) is 11.5. The fourth-order valence-electron chi connectivity index (χ4n) is 3.51. The van der Waals surface area contributed by atoms with Crippen LogP contribution in [0.25, 0.3) is 0 Å². The summed E-state index contributed by atoms with van der Waals surface area (Å²) in [7, 11) is 0. The fraction of sp³-hybridized carbons (Fsp3) is 0.269. The molecule has 31 heavy (non-hydrogen) atoms. The van der Waals surface area contributed by atoms with E-state index in [9.17, 15) is 14.3 Å². The van der Waals surface area contributed by atoms with E-state index < -0.39 is 0 Å². The van der Waals surface area contributed by atoms with E-state index in [0.717, 1.165) is 32.3 Å². The molecule has 0 aromatic heterocycles. The average Bonchev–Trinajstić information content (AvgIpc) is 2.75. The van der Waals surface area contributed by atoms with Crippen LogP contribution in [0.4, 0.5) is 4.39 Å². The monoisotopic (exact) mass is 484 g/mol. The molecule has 3 nitrogen and oxygen atoms in total. The van der Waals surface area contributed by atoms with Crippen LogP contribution in [0.2, 0.25) is 0 Å². The van der Waals surface area contributed by atoms with Gasteiger partial charge in [-0.25, -0.2) is 4.39 Å². The first kappa shape index (κ1) is 23.0. The van der Waals surface area contributed by atoms with Crippen LogP contribution in [-0.2, 0) is 11.2 Å². The molecular weight excluding hydrogens is 459 g/mol. The van der Waals surface area contributed by atoms with Crippen LogP contribution < -0.4 is 4.74 Å². The van der Waals surface area contributed by atoms with Gasteiger partial charge in [-0.05, 0) is 65.9 Å². The largest absolute Gasteiger partial charge is 0.508 e. The van der Waals surface area contributed by atoms with E-state index in [2.05, 4.69) is 15.9 Å². The minimum atomic E-state index is -0.277. The van der Waals surface area contributed by atoms with Crippen LogP contribution in [0.1, 0.15) is 54.0 Å². The van der Waals surface area contributed by atoms with Crippen molar-refractivity contribution in [3.05, 3.63) is 92.7 Å². The highest BCUT2D eigenvalue weighted by atomic mass is 79.9. The Labute approximate surface area is 191 Å². The number of aromatic hydroxyl groups is 1. The average molecular weight is 485 g/mol. The number of carbonyl (C=O) groups excluding carboxylic acids is 1. The zero-order chi connectivity index (χ0) is 22.5. The SMILES string of the molecule is CCC(=O)COc1cc(C)c(Cc2ccc(O)c(C(C)c3ccc(F)cc3)c2)c(Br)c1. The molecule has 0 heterocycles. The summed E-state index contributed by atoms with van der Waals surface area (Å²) in [6.07, 6.45) is 1.13. The summed E-state index contributed by atoms with van der Waals surface area (Å²) in [6.45, 7) is 5.90. The van der Waals surface area contributed by atoms with Crippen molar-refractivity contribution in [1.82, 2.24) is 0 Å². The van der Waals surface area contributed by atoms with E-state index in [0.29, 0.717) is 18.6 Å². The van der Waals surface area contributed by atoms with E-state index in [-0.39, 0.29) is 29.9 Å². The van der Waals surface area contributed by atoms with Gasteiger partial charge < -0.3 is 9.84 Å². The maximum atomic E-state index is 13.3. The Balaban J connectivity index is 1.83. The lowest BCUT2D eigenvalue weighted by Crippen LogP contribution is -2.10. The predicted octanol–water partition coefficient (Wildman–Crippen LogP) is 6.70. The quantitative estimate of drug-likeness (QED) is 0.386. The van der Waals surface area contributed by atoms with Crippen molar-refractivity contribution in [2.75, 3.05) is 6.61 Å². The van der Waals surface area contributed by atoms with Crippen LogP contribution in [0.3, 0.4) is 0 Å². The van der Waals surface area contributed by atoms with Gasteiger partial charge in [0.05, 0.1) is 0 Å². The number of benzene rings is 3. The number of ether oxygens (including phenoxy) is 1. The molecule has 1 unspecified atom stereocenters. The lowest BCUT2D eigenvalue weighted by atomic mass is 9.90. The molecule has 3 aromatic rings. The van der Waals surface area contributed by atoms with E-state index in [1.165, 1.54) is 12.1 Å². The smallest absolute Gasteiger partial charge is 0.169 e. The van der Waals surface area contributed by atoms with Gasteiger partial charge >= 0.3 is 0 Å². The molecule has 162 valence electrons. The van der Waals surface area contributed by atoms with Gasteiger partial charge in [0.2, 0.25) is 0 Å². The molecule has 0 spiro atoms. The Hall–Kier alpha value is -2.66. The number of hydrogen-bond acceptors (Lipinski definition) is 3. The molecule has 0 fully saturated rings. The van der Waals surface area contributed by atoms with Crippen LogP contribution in [0.15, 0.2) is 59.1 Å². The van der Waals surface area contributed by atoms with Gasteiger partial charge in [0.15, 0.2) is 5.78 Å². The molecular formula is C26H26BrFO3. The molecule has 3 aromatic carbocycles. The van der Waals surface area contributed by atoms with Gasteiger partial charge in [-0.3, -0.25) is 4.79 Å². The summed E-state index contributed by atoms with van der Waals surface area (Å²) in [5.74, 6) is 0.592. The first-order valence-electron chi connectivity index (χ1n) is 10.3. The van der Waals surface area contributed by atoms with Crippen molar-refractivity contribution in [2.24, 2.45) is 0 Å². The summed E-state index contributed by atoms with van der Waals surface area (Å²) in [6, 6.07) is 15.8. The number of ketones is 1. The van der Waals surface area contributed by atoms with Crippen molar-refractivity contribution in [3.8, 4) is 11.5 Å². The second kappa shape index (κ2) is 10.1. The fourth-order valence-corrected chi connectivity index (χ4v) is 4.19. The molecule has 0 bridgehead atoms. The summed E-state index contributed by atoms with van der Waals surface area (Å²) < 4.78 is 19.8. The van der Waals surface area contributed by atoms with Crippen molar-refractivity contribution in [2.45, 2.75) is 39.5 Å². The summed E-state index contributed by atoms with van der Waals surface area (Å²) >= 11 is 3.64. The second-order valence-electron chi connectivity index (χ2n) is 7.72. The normalized spacial score (nSPS) is 11.9. The number of carbonyl (C=O) groups is 1. The number of aryl methyl sites for hydroxylation is 1. The maximum Gasteiger partial charge on any atom is 0.169 e. The molecule has 1 N–H and O–H groups in total. The van der Waals surface area contributed by atoms with E-state index in [4.69, 9.17) is 4.74 Å². The third kappa shape index (κ3) is 5.73. The summed E-state index contributed by atoms with van der Waals surface area (Å²) in [5.41, 5.74) is 4.96. The number of rotatable bonds is 8. The number of hydrogen-bond donors (Lipinski definition) is 1. The molecule has 1 atom stereocenters. The van der Waals surface area contributed by atoms with Gasteiger partial charge in [0.1, 0.15) is 23.9 Å². The first-order valence-corrected chi connectivity index (χ1v) is 11.1. The van der Waals surface area contributed by atoms with Crippen LogP contribution in [-0.4, -0.2) is 17.5 Å². The van der Waals surface area contributed by atoms with Gasteiger partial charge in [0.25, 0.3) is 0 Å². The molecule has 0 amide bonds.